The molecule has 0 bridgehead atoms. The number of pyridine rings is 1. The van der Waals surface area contributed by atoms with Gasteiger partial charge in [0.15, 0.2) is 0 Å². The molecule has 158 valence electrons. The molecule has 0 unspecified atom stereocenters. The Morgan fingerprint density at radius 3 is 2.68 bits per heavy atom. The summed E-state index contributed by atoms with van der Waals surface area (Å²) in [4.78, 5) is 6.41. The molecule has 0 spiro atoms. The number of hydrogen-bond donors (Lipinski definition) is 0. The van der Waals surface area contributed by atoms with Crippen molar-refractivity contribution >= 4 is 5.69 Å². The molecular formula is C22H21N5O4. The molecule has 0 N–H and O–H groups in total. The summed E-state index contributed by atoms with van der Waals surface area (Å²) in [7, 11) is 1.63. The third kappa shape index (κ3) is 3.64. The van der Waals surface area contributed by atoms with Crippen LogP contribution in [-0.4, -0.2) is 53.8 Å². The maximum atomic E-state index is 6.03. The SMILES string of the molecule is COc1cc(N2CCOCC2)ccc1-c1nnc(-c2c(-c3cccnc3)noc2C)o1. The van der Waals surface area contributed by atoms with Crippen LogP contribution in [0.25, 0.3) is 34.2 Å². The topological polar surface area (TPSA) is 99.5 Å². The number of morpholine rings is 1. The number of ether oxygens (including phenoxy) is 2. The first kappa shape index (κ1) is 19.3. The van der Waals surface area contributed by atoms with Crippen LogP contribution < -0.4 is 9.64 Å². The Morgan fingerprint density at radius 1 is 1.06 bits per heavy atom. The number of rotatable bonds is 5. The standard InChI is InChI=1S/C22H21N5O4/c1-14-19(20(26-31-14)15-4-3-7-23-13-15)22-25-24-21(30-22)17-6-5-16(12-18(17)28-2)27-8-10-29-11-9-27/h3-7,12-13H,8-11H2,1-2H3. The normalized spacial score (nSPS) is 14.1. The van der Waals surface area contributed by atoms with E-state index in [2.05, 4.69) is 25.2 Å². The van der Waals surface area contributed by atoms with Gasteiger partial charge in [-0.1, -0.05) is 5.16 Å². The number of methoxy groups -OCH3 is 1. The monoisotopic (exact) mass is 419 g/mol. The van der Waals surface area contributed by atoms with E-state index >= 15 is 0 Å². The van der Waals surface area contributed by atoms with Crippen molar-refractivity contribution in [3.8, 4) is 39.9 Å². The van der Waals surface area contributed by atoms with Crippen LogP contribution in [0.15, 0.2) is 51.7 Å². The fourth-order valence-corrected chi connectivity index (χ4v) is 3.63. The summed E-state index contributed by atoms with van der Waals surface area (Å²) >= 11 is 0. The number of nitrogens with zero attached hydrogens (tertiary/aromatic N) is 5. The molecule has 9 nitrogen and oxygen atoms in total. The van der Waals surface area contributed by atoms with E-state index in [9.17, 15) is 0 Å². The molecule has 4 heterocycles. The number of anilines is 1. The van der Waals surface area contributed by atoms with Crippen LogP contribution in [-0.2, 0) is 4.74 Å². The van der Waals surface area contributed by atoms with Gasteiger partial charge in [0.25, 0.3) is 11.8 Å². The van der Waals surface area contributed by atoms with Crippen LogP contribution in [0.1, 0.15) is 5.76 Å². The number of hydrogen-bond acceptors (Lipinski definition) is 9. The molecule has 9 heteroatoms. The van der Waals surface area contributed by atoms with Gasteiger partial charge in [-0.15, -0.1) is 10.2 Å². The fraction of sp³-hybridized carbons (Fsp3) is 0.273. The largest absolute Gasteiger partial charge is 0.496 e. The first-order valence-corrected chi connectivity index (χ1v) is 9.96. The summed E-state index contributed by atoms with van der Waals surface area (Å²) in [6, 6.07) is 9.68. The number of benzene rings is 1. The van der Waals surface area contributed by atoms with Gasteiger partial charge < -0.3 is 23.3 Å². The van der Waals surface area contributed by atoms with Gasteiger partial charge in [-0.25, -0.2) is 0 Å². The average Bonchev–Trinajstić information content (AvgIpc) is 3.46. The lowest BCUT2D eigenvalue weighted by molar-refractivity contribution is 0.122. The molecule has 0 aliphatic carbocycles. The predicted molar refractivity (Wildman–Crippen MR) is 113 cm³/mol. The van der Waals surface area contributed by atoms with Crippen LogP contribution in [0, 0.1) is 6.92 Å². The van der Waals surface area contributed by atoms with Gasteiger partial charge in [-0.3, -0.25) is 4.98 Å². The van der Waals surface area contributed by atoms with Crippen molar-refractivity contribution in [2.75, 3.05) is 38.3 Å². The molecule has 0 radical (unpaired) electrons. The van der Waals surface area contributed by atoms with Gasteiger partial charge in [0, 0.05) is 42.8 Å². The van der Waals surface area contributed by atoms with Crippen LogP contribution in [0.4, 0.5) is 5.69 Å². The highest BCUT2D eigenvalue weighted by molar-refractivity contribution is 5.78. The van der Waals surface area contributed by atoms with Gasteiger partial charge in [0.05, 0.1) is 25.9 Å². The Balaban J connectivity index is 1.50. The number of aryl methyl sites for hydroxylation is 1. The lowest BCUT2D eigenvalue weighted by Crippen LogP contribution is -2.36. The molecule has 3 aromatic heterocycles. The molecule has 0 amide bonds. The molecule has 5 rings (SSSR count). The zero-order chi connectivity index (χ0) is 21.2. The second kappa shape index (κ2) is 8.19. The predicted octanol–water partition coefficient (Wildman–Crippen LogP) is 3.61. The zero-order valence-corrected chi connectivity index (χ0v) is 17.2. The van der Waals surface area contributed by atoms with Crippen LogP contribution in [0.2, 0.25) is 0 Å². The molecule has 1 aromatic carbocycles. The van der Waals surface area contributed by atoms with Crippen molar-refractivity contribution < 1.29 is 18.4 Å². The smallest absolute Gasteiger partial charge is 0.254 e. The highest BCUT2D eigenvalue weighted by atomic mass is 16.5. The van der Waals surface area contributed by atoms with Gasteiger partial charge in [0.1, 0.15) is 22.8 Å². The minimum atomic E-state index is 0.326. The first-order chi connectivity index (χ1) is 15.2. The van der Waals surface area contributed by atoms with E-state index < -0.39 is 0 Å². The summed E-state index contributed by atoms with van der Waals surface area (Å²) in [5.41, 5.74) is 3.85. The lowest BCUT2D eigenvalue weighted by Gasteiger charge is -2.29. The van der Waals surface area contributed by atoms with E-state index in [4.69, 9.17) is 18.4 Å². The van der Waals surface area contributed by atoms with E-state index in [0.29, 0.717) is 47.8 Å². The van der Waals surface area contributed by atoms with Crippen LogP contribution >= 0.6 is 0 Å². The summed E-state index contributed by atoms with van der Waals surface area (Å²) in [6.45, 7) is 4.93. The minimum absolute atomic E-state index is 0.326. The average molecular weight is 419 g/mol. The van der Waals surface area contributed by atoms with Crippen molar-refractivity contribution in [3.05, 3.63) is 48.5 Å². The van der Waals surface area contributed by atoms with E-state index in [-0.39, 0.29) is 0 Å². The van der Waals surface area contributed by atoms with E-state index in [1.165, 1.54) is 0 Å². The second-order valence-electron chi connectivity index (χ2n) is 7.10. The zero-order valence-electron chi connectivity index (χ0n) is 17.2. The fourth-order valence-electron chi connectivity index (χ4n) is 3.63. The molecule has 0 atom stereocenters. The van der Waals surface area contributed by atoms with E-state index in [1.807, 2.05) is 37.3 Å². The molecule has 4 aromatic rings. The number of aromatic nitrogens is 4. The van der Waals surface area contributed by atoms with E-state index in [1.54, 1.807) is 19.5 Å². The van der Waals surface area contributed by atoms with Crippen molar-refractivity contribution in [1.82, 2.24) is 20.3 Å². The van der Waals surface area contributed by atoms with Crippen molar-refractivity contribution in [3.63, 3.8) is 0 Å². The first-order valence-electron chi connectivity index (χ1n) is 9.96. The molecule has 1 fully saturated rings. The van der Waals surface area contributed by atoms with Crippen LogP contribution in [0.3, 0.4) is 0 Å². The molecule has 1 aliphatic rings. The molecule has 0 saturated carbocycles. The quantitative estimate of drug-likeness (QED) is 0.480. The Morgan fingerprint density at radius 2 is 1.90 bits per heavy atom. The Hall–Kier alpha value is -3.72. The molecular weight excluding hydrogens is 398 g/mol. The Kier molecular flexibility index (Phi) is 5.09. The minimum Gasteiger partial charge on any atom is -0.496 e. The van der Waals surface area contributed by atoms with Crippen molar-refractivity contribution in [1.29, 1.82) is 0 Å². The van der Waals surface area contributed by atoms with Gasteiger partial charge in [0.2, 0.25) is 0 Å². The maximum absolute atomic E-state index is 6.03. The highest BCUT2D eigenvalue weighted by Gasteiger charge is 2.24. The van der Waals surface area contributed by atoms with Crippen molar-refractivity contribution in [2.24, 2.45) is 0 Å². The molecule has 1 aliphatic heterocycles. The molecule has 31 heavy (non-hydrogen) atoms. The molecule has 1 saturated heterocycles. The summed E-state index contributed by atoms with van der Waals surface area (Å²) < 4.78 is 22.5. The van der Waals surface area contributed by atoms with Gasteiger partial charge in [-0.2, -0.15) is 0 Å². The Bertz CT molecular complexity index is 1180. The summed E-state index contributed by atoms with van der Waals surface area (Å²) in [6.07, 6.45) is 3.42. The highest BCUT2D eigenvalue weighted by Crippen LogP contribution is 2.37. The third-order valence-electron chi connectivity index (χ3n) is 5.23. The summed E-state index contributed by atoms with van der Waals surface area (Å²) in [5, 5.41) is 12.7. The maximum Gasteiger partial charge on any atom is 0.254 e. The Labute approximate surface area is 178 Å². The van der Waals surface area contributed by atoms with E-state index in [0.717, 1.165) is 29.9 Å². The van der Waals surface area contributed by atoms with Gasteiger partial charge >= 0.3 is 0 Å². The van der Waals surface area contributed by atoms with Gasteiger partial charge in [-0.05, 0) is 31.2 Å². The van der Waals surface area contributed by atoms with Crippen LogP contribution in [0.5, 0.6) is 5.75 Å². The summed E-state index contributed by atoms with van der Waals surface area (Å²) in [5.74, 6) is 1.93. The second-order valence-corrected chi connectivity index (χ2v) is 7.10. The lowest BCUT2D eigenvalue weighted by atomic mass is 10.1. The van der Waals surface area contributed by atoms with Crippen molar-refractivity contribution in [2.45, 2.75) is 6.92 Å². The third-order valence-corrected chi connectivity index (χ3v) is 5.23.